The van der Waals surface area contributed by atoms with Crippen LogP contribution in [0, 0.1) is 107 Å². The van der Waals surface area contributed by atoms with Gasteiger partial charge in [0.25, 0.3) is 29.5 Å². The standard InChI is InChI=1S/C16H13N5O6.C15H11N5O6.C14H9N5O6.C13H8N4O6S.C12H7N5O6S.CH4/c1-27-13-5-9(4-12(15(13)23)21(25)26)14(22)11(6-17)16(24)19-7-10-2-3-18-8-20-10;16-5-10(15(24)18-6-9-1-2-17-7-19-9)13(22)8-3-11(20(25)26)14(23)12(21)4-8;15-5-8(14(23)18-11-6-16-1-2-17-11)12(21)7-3-9(19(24)25)13(22)10(20)4-7;14-5-7(12(21)16-13-15-1-2-24-13)10(19)6-3-8(17(22)23)11(20)9(18)4-6;13-3-6(11(21)16-12-14-4-15-24-12)9(19)5-1-7(17(22)23)10(20)8(18)2-5;/h2-5,8,22-23H,7H2,1H3,(H,19,24);1-4,7,21-23H,6H2,(H,18,24);1-4,6,20-22H,(H,17,18,23);1-4,18-20H,(H,15,16,21);1-2,4,18-20H,(H,14,15,16,21);1H4/b14-11-;13-10-;12-8-;10-7-;9-6-;. The first-order valence-corrected chi connectivity index (χ1v) is 34.4. The zero-order chi connectivity index (χ0) is 93.5. The van der Waals surface area contributed by atoms with E-state index in [1.54, 1.807) is 17.5 Å². The lowest BCUT2D eigenvalue weighted by Crippen LogP contribution is -2.25. The molecule has 127 heavy (non-hydrogen) atoms. The van der Waals surface area contributed by atoms with Gasteiger partial charge in [0, 0.05) is 106 Å². The molecule has 0 saturated heterocycles. The largest absolute Gasteiger partial charge is 0.506 e. The monoisotopic (exact) mass is 1780 g/mol. The highest BCUT2D eigenvalue weighted by molar-refractivity contribution is 7.13. The number of aliphatic hydroxyl groups excluding tert-OH is 5. The Morgan fingerprint density at radius 2 is 0.732 bits per heavy atom. The molecular weight excluding hydrogens is 1730 g/mol. The number of nitrogens with one attached hydrogen (secondary N) is 5. The van der Waals surface area contributed by atoms with Crippen LogP contribution in [-0.4, -0.2) is 177 Å². The molecule has 0 aliphatic carbocycles. The number of nitriles is 5. The van der Waals surface area contributed by atoms with Crippen molar-refractivity contribution in [1.29, 1.82) is 26.3 Å². The summed E-state index contributed by atoms with van der Waals surface area (Å²) in [5.41, 5.74) is -8.99. The highest BCUT2D eigenvalue weighted by Crippen LogP contribution is 2.43. The molecule has 0 fully saturated rings. The molecule has 0 bridgehead atoms. The number of thiazole rings is 1. The third-order valence-electron chi connectivity index (χ3n) is 15.0. The molecule has 0 atom stereocenters. The van der Waals surface area contributed by atoms with Crippen molar-refractivity contribution < 1.29 is 125 Å². The molecule has 0 aliphatic heterocycles. The number of hydrogen-bond acceptors (Lipinski definition) is 46. The number of benzene rings is 5. The SMILES string of the molecule is C.COc1cc(/C(O)=C(\C#N)C(=O)NCc2ccncn2)cc([N+](=O)[O-])c1O.N#C/C(C(=O)NCc1ccncn1)=C(/O)c1cc(O)c(O)c([N+](=O)[O-])c1.N#C/C(C(=O)Nc1cnccn1)=C(/O)c1cc(O)c(O)c([N+](=O)[O-])c1.N#C/C(C(=O)Nc1nccs1)=C(/O)c1cc(O)c(O)c([N+](=O)[O-])c1.N#C/C(C(=O)Nc1ncns1)=C(/O)c1cc(O)c(O)c([N+](=O)[O-])c1. The van der Waals surface area contributed by atoms with Gasteiger partial charge in [-0.3, -0.25) is 90.2 Å². The molecule has 10 rings (SSSR count). The lowest BCUT2D eigenvalue weighted by Gasteiger charge is -2.09. The van der Waals surface area contributed by atoms with Crippen LogP contribution in [0.4, 0.5) is 44.5 Å². The lowest BCUT2D eigenvalue weighted by molar-refractivity contribution is -0.386. The Labute approximate surface area is 712 Å². The van der Waals surface area contributed by atoms with E-state index in [4.69, 9.17) is 25.8 Å². The van der Waals surface area contributed by atoms with Crippen molar-refractivity contribution in [2.24, 2.45) is 0 Å². The normalized spacial score (nSPS) is 11.1. The number of carbonyl (C=O) groups excluding carboxylic acids is 5. The minimum absolute atomic E-state index is 0. The number of phenols is 9. The maximum absolute atomic E-state index is 12.2. The number of anilines is 3. The fourth-order valence-electron chi connectivity index (χ4n) is 9.06. The summed E-state index contributed by atoms with van der Waals surface area (Å²) >= 11 is 1.91. The highest BCUT2D eigenvalue weighted by Gasteiger charge is 2.31. The number of aliphatic hydroxyl groups is 5. The smallest absolute Gasteiger partial charge is 0.315 e. The van der Waals surface area contributed by atoms with Gasteiger partial charge in [0.2, 0.25) is 33.9 Å². The predicted molar refractivity (Wildman–Crippen MR) is 427 cm³/mol. The van der Waals surface area contributed by atoms with Crippen molar-refractivity contribution in [1.82, 2.24) is 54.9 Å². The number of nitro benzene ring substituents is 5. The average Bonchev–Trinajstić information content (AvgIpc) is 1.37. The minimum atomic E-state index is -1.05. The number of rotatable bonds is 23. The molecule has 5 amide bonds. The second-order valence-electron chi connectivity index (χ2n) is 22.8. The third kappa shape index (κ3) is 25.5. The Hall–Kier alpha value is -20.0. The van der Waals surface area contributed by atoms with Gasteiger partial charge in [-0.05, 0) is 42.5 Å². The topological polar surface area (TPSA) is 889 Å². The third-order valence-corrected chi connectivity index (χ3v) is 16.2. The van der Waals surface area contributed by atoms with Crippen LogP contribution in [0.2, 0.25) is 0 Å². The molecule has 0 aliphatic rings. The first kappa shape index (κ1) is 97.6. The van der Waals surface area contributed by atoms with Gasteiger partial charge < -0.3 is 92.2 Å². The second kappa shape index (κ2) is 45.1. The van der Waals surface area contributed by atoms with Crippen molar-refractivity contribution >= 4 is 126 Å². The van der Waals surface area contributed by atoms with Gasteiger partial charge in [0.1, 0.15) is 78.1 Å². The van der Waals surface area contributed by atoms with Crippen molar-refractivity contribution in [3.05, 3.63) is 252 Å². The average molecular weight is 1790 g/mol. The summed E-state index contributed by atoms with van der Waals surface area (Å²) in [6.07, 6.45) is 11.9. The van der Waals surface area contributed by atoms with Crippen LogP contribution in [-0.2, 0) is 37.1 Å². The Morgan fingerprint density at radius 3 is 1.02 bits per heavy atom. The maximum Gasteiger partial charge on any atom is 0.315 e. The Morgan fingerprint density at radius 1 is 0.402 bits per heavy atom. The van der Waals surface area contributed by atoms with Gasteiger partial charge in [0.05, 0.1) is 62.4 Å². The summed E-state index contributed by atoms with van der Waals surface area (Å²) in [6.45, 7) is -0.0837. The van der Waals surface area contributed by atoms with E-state index in [0.29, 0.717) is 23.5 Å². The lowest BCUT2D eigenvalue weighted by atomic mass is 10.1. The number of methoxy groups -OCH3 is 1. The van der Waals surface area contributed by atoms with Gasteiger partial charge >= 0.3 is 28.4 Å². The number of phenolic OH excluding ortho intramolecular Hbond substituents is 9. The number of carbonyl (C=O) groups is 5. The molecule has 10 aromatic rings. The van der Waals surface area contributed by atoms with E-state index in [0.717, 1.165) is 84.8 Å². The van der Waals surface area contributed by atoms with E-state index >= 15 is 0 Å². The van der Waals surface area contributed by atoms with Crippen LogP contribution in [0.5, 0.6) is 57.5 Å². The molecule has 5 heterocycles. The van der Waals surface area contributed by atoms with Gasteiger partial charge in [0.15, 0.2) is 67.6 Å². The number of hydrogen-bond donors (Lipinski definition) is 19. The molecule has 0 radical (unpaired) electrons. The predicted octanol–water partition coefficient (Wildman–Crippen LogP) is 7.16. The van der Waals surface area contributed by atoms with E-state index < -0.39 is 202 Å². The van der Waals surface area contributed by atoms with E-state index in [1.165, 1.54) is 80.2 Å². The molecule has 5 aromatic heterocycles. The van der Waals surface area contributed by atoms with E-state index in [1.807, 2.05) is 0 Å². The molecule has 0 saturated carbocycles. The van der Waals surface area contributed by atoms with E-state index in [9.17, 15) is 151 Å². The number of ether oxygens (including phenoxy) is 1. The first-order chi connectivity index (χ1) is 59.8. The highest BCUT2D eigenvalue weighted by atomic mass is 32.1. The molecule has 648 valence electrons. The number of nitrogens with zero attached hydrogens (tertiary/aromatic N) is 19. The maximum atomic E-state index is 12.2. The summed E-state index contributed by atoms with van der Waals surface area (Å²) in [7, 11) is 1.16. The molecular formula is C71H52N24O30S2. The summed E-state index contributed by atoms with van der Waals surface area (Å²) in [5.74, 6) is -18.0. The zero-order valence-electron chi connectivity index (χ0n) is 62.2. The Kier molecular flexibility index (Phi) is 34.7. The quantitative estimate of drug-likeness (QED) is 0.00754. The molecule has 54 nitrogen and oxygen atoms in total. The van der Waals surface area contributed by atoms with Gasteiger partial charge in [-0.1, -0.05) is 7.43 Å². The summed E-state index contributed by atoms with van der Waals surface area (Å²) in [4.78, 5) is 140. The second-order valence-corrected chi connectivity index (χ2v) is 24.4. The summed E-state index contributed by atoms with van der Waals surface area (Å²) < 4.78 is 8.45. The van der Waals surface area contributed by atoms with Gasteiger partial charge in [-0.25, -0.2) is 34.9 Å². The van der Waals surface area contributed by atoms with Crippen LogP contribution in [0.1, 0.15) is 46.6 Å². The van der Waals surface area contributed by atoms with Gasteiger partial charge in [-0.15, -0.1) is 11.3 Å². The van der Waals surface area contributed by atoms with Crippen molar-refractivity contribution in [3.8, 4) is 87.8 Å². The summed E-state index contributed by atoms with van der Waals surface area (Å²) in [5, 5.41) is 249. The van der Waals surface area contributed by atoms with Crippen LogP contribution < -0.4 is 31.3 Å². The zero-order valence-corrected chi connectivity index (χ0v) is 63.9. The Bertz CT molecular complexity index is 6200. The fourth-order valence-corrected chi connectivity index (χ4v) is 10.0. The van der Waals surface area contributed by atoms with Crippen LogP contribution >= 0.6 is 22.9 Å². The summed E-state index contributed by atoms with van der Waals surface area (Å²) in [6, 6.07) is 18.3. The first-order valence-electron chi connectivity index (χ1n) is 32.8. The molecule has 56 heteroatoms. The Balaban J connectivity index is 0.000000281. The van der Waals surface area contributed by atoms with Crippen molar-refractivity contribution in [3.63, 3.8) is 0 Å². The molecule has 0 spiro atoms. The number of nitro groups is 5. The van der Waals surface area contributed by atoms with Crippen molar-refractivity contribution in [2.45, 2.75) is 20.5 Å². The number of amides is 5. The number of aromatic hydroxyl groups is 9. The molecule has 5 aromatic carbocycles. The minimum Gasteiger partial charge on any atom is -0.506 e. The molecule has 0 unspecified atom stereocenters. The molecule has 19 N–H and O–H groups in total. The van der Waals surface area contributed by atoms with E-state index in [2.05, 4.69) is 70.8 Å². The fraction of sp³-hybridized carbons (Fsp3) is 0.0563. The van der Waals surface area contributed by atoms with Crippen LogP contribution in [0.3, 0.4) is 0 Å². The van der Waals surface area contributed by atoms with Crippen LogP contribution in [0.15, 0.2) is 162 Å². The van der Waals surface area contributed by atoms with Gasteiger partial charge in [-0.2, -0.15) is 30.7 Å². The number of aromatic nitrogens is 9. The van der Waals surface area contributed by atoms with E-state index in [-0.39, 0.29) is 59.0 Å². The van der Waals surface area contributed by atoms with Crippen molar-refractivity contribution in [2.75, 3.05) is 23.1 Å². The van der Waals surface area contributed by atoms with Crippen LogP contribution in [0.25, 0.3) is 28.8 Å².